The second-order valence-electron chi connectivity index (χ2n) is 4.42. The number of carbonyl (C=O) groups is 1. The van der Waals surface area contributed by atoms with E-state index in [0.717, 1.165) is 0 Å². The van der Waals surface area contributed by atoms with Crippen LogP contribution in [0.1, 0.15) is 12.5 Å². The molecule has 106 valence electrons. The molecule has 0 aromatic heterocycles. The average molecular weight is 295 g/mol. The molecule has 1 aromatic carbocycles. The quantitative estimate of drug-likeness (QED) is 0.665. The molecule has 20 heavy (non-hydrogen) atoms. The van der Waals surface area contributed by atoms with Crippen molar-refractivity contribution in [2.45, 2.75) is 17.9 Å². The Morgan fingerprint density at radius 1 is 1.50 bits per heavy atom. The number of primary amides is 1. The number of rotatable bonds is 4. The van der Waals surface area contributed by atoms with Gasteiger partial charge in [0, 0.05) is 24.8 Å². The molecule has 2 atom stereocenters. The van der Waals surface area contributed by atoms with Crippen LogP contribution in [-0.2, 0) is 9.53 Å². The summed E-state index contributed by atoms with van der Waals surface area (Å²) >= 11 is 1.27. The molecule has 0 bridgehead atoms. The zero-order valence-corrected chi connectivity index (χ0v) is 11.7. The predicted molar refractivity (Wildman–Crippen MR) is 75.6 cm³/mol. The van der Waals surface area contributed by atoms with Crippen LogP contribution in [-0.4, -0.2) is 34.0 Å². The van der Waals surface area contributed by atoms with Crippen molar-refractivity contribution in [2.75, 3.05) is 7.11 Å². The van der Waals surface area contributed by atoms with Crippen LogP contribution in [0.4, 0.5) is 5.69 Å². The van der Waals surface area contributed by atoms with Gasteiger partial charge in [0.15, 0.2) is 5.54 Å². The van der Waals surface area contributed by atoms with E-state index in [0.29, 0.717) is 10.6 Å². The predicted octanol–water partition coefficient (Wildman–Crippen LogP) is 1.30. The second kappa shape index (κ2) is 5.22. The van der Waals surface area contributed by atoms with Crippen molar-refractivity contribution in [3.63, 3.8) is 0 Å². The van der Waals surface area contributed by atoms with Crippen LogP contribution in [0.5, 0.6) is 0 Å². The van der Waals surface area contributed by atoms with Gasteiger partial charge in [-0.15, -0.1) is 0 Å². The maximum Gasteiger partial charge on any atom is 0.269 e. The van der Waals surface area contributed by atoms with E-state index in [2.05, 4.69) is 4.99 Å². The third-order valence-electron chi connectivity index (χ3n) is 3.05. The zero-order valence-electron chi connectivity index (χ0n) is 10.9. The Morgan fingerprint density at radius 2 is 2.10 bits per heavy atom. The Labute approximate surface area is 119 Å². The Balaban J connectivity index is 2.34. The molecule has 1 unspecified atom stereocenters. The average Bonchev–Trinajstić information content (AvgIpc) is 2.77. The molecule has 0 saturated carbocycles. The molecular weight excluding hydrogens is 282 g/mol. The number of nitrogens with zero attached hydrogens (tertiary/aromatic N) is 2. The van der Waals surface area contributed by atoms with E-state index < -0.39 is 21.8 Å². The van der Waals surface area contributed by atoms with Crippen LogP contribution in [0.2, 0.25) is 0 Å². The van der Waals surface area contributed by atoms with E-state index in [1.807, 2.05) is 0 Å². The van der Waals surface area contributed by atoms with Crippen molar-refractivity contribution < 1.29 is 14.5 Å². The first-order valence-corrected chi connectivity index (χ1v) is 6.60. The lowest BCUT2D eigenvalue weighted by atomic mass is 10.0. The number of nitro groups is 1. The van der Waals surface area contributed by atoms with E-state index in [4.69, 9.17) is 10.5 Å². The fraction of sp³-hybridized carbons (Fsp3) is 0.333. The number of ether oxygens (including phenoxy) is 1. The second-order valence-corrected chi connectivity index (χ2v) is 5.47. The molecule has 1 heterocycles. The fourth-order valence-corrected chi connectivity index (χ4v) is 3.03. The number of thioether (sulfide) groups is 1. The summed E-state index contributed by atoms with van der Waals surface area (Å²) in [4.78, 5) is 26.0. The number of nitrogens with two attached hydrogens (primary N) is 1. The number of carbonyl (C=O) groups excluding carboxylic acids is 1. The summed E-state index contributed by atoms with van der Waals surface area (Å²) in [5.41, 5.74) is 4.41. The van der Waals surface area contributed by atoms with Gasteiger partial charge in [0.1, 0.15) is 10.5 Å². The van der Waals surface area contributed by atoms with Crippen LogP contribution >= 0.6 is 11.8 Å². The first-order chi connectivity index (χ1) is 9.38. The summed E-state index contributed by atoms with van der Waals surface area (Å²) in [5, 5.41) is 11.2. The molecule has 1 amide bonds. The number of amides is 1. The molecular formula is C12H13N3O4S. The summed E-state index contributed by atoms with van der Waals surface area (Å²) in [6.07, 6.45) is 0. The maximum absolute atomic E-state index is 11.5. The molecule has 7 nitrogen and oxygen atoms in total. The smallest absolute Gasteiger partial charge is 0.269 e. The van der Waals surface area contributed by atoms with Gasteiger partial charge in [-0.25, -0.2) is 0 Å². The highest BCUT2D eigenvalue weighted by molar-refractivity contribution is 8.15. The van der Waals surface area contributed by atoms with Gasteiger partial charge in [-0.1, -0.05) is 11.8 Å². The Morgan fingerprint density at radius 3 is 2.50 bits per heavy atom. The van der Waals surface area contributed by atoms with Crippen molar-refractivity contribution in [1.29, 1.82) is 0 Å². The first-order valence-electron chi connectivity index (χ1n) is 5.72. The minimum atomic E-state index is -1.14. The highest BCUT2D eigenvalue weighted by Gasteiger charge is 2.46. The normalized spacial score (nSPS) is 25.3. The van der Waals surface area contributed by atoms with Crippen molar-refractivity contribution in [3.8, 4) is 0 Å². The van der Waals surface area contributed by atoms with E-state index >= 15 is 0 Å². The lowest BCUT2D eigenvalue weighted by Gasteiger charge is -2.22. The van der Waals surface area contributed by atoms with Crippen molar-refractivity contribution in [1.82, 2.24) is 0 Å². The first kappa shape index (κ1) is 14.5. The van der Waals surface area contributed by atoms with Crippen LogP contribution in [0.15, 0.2) is 29.3 Å². The zero-order chi connectivity index (χ0) is 14.9. The summed E-state index contributed by atoms with van der Waals surface area (Å²) in [6, 6.07) is 5.95. The molecule has 2 rings (SSSR count). The third-order valence-corrected chi connectivity index (χ3v) is 4.47. The Bertz CT molecular complexity index is 587. The molecule has 8 heteroatoms. The molecule has 0 fully saturated rings. The molecule has 2 N–H and O–H groups in total. The molecule has 0 radical (unpaired) electrons. The molecule has 0 saturated heterocycles. The minimum absolute atomic E-state index is 0.00157. The topological polar surface area (TPSA) is 108 Å². The molecule has 1 aromatic rings. The molecule has 1 aliphatic heterocycles. The van der Waals surface area contributed by atoms with E-state index in [9.17, 15) is 14.9 Å². The summed E-state index contributed by atoms with van der Waals surface area (Å²) in [5.74, 6) is -0.575. The van der Waals surface area contributed by atoms with Gasteiger partial charge >= 0.3 is 0 Å². The third kappa shape index (κ3) is 2.39. The minimum Gasteiger partial charge on any atom is -0.367 e. The van der Waals surface area contributed by atoms with Crippen LogP contribution < -0.4 is 5.73 Å². The molecule has 0 aliphatic carbocycles. The highest BCUT2D eigenvalue weighted by Crippen LogP contribution is 2.38. The lowest BCUT2D eigenvalue weighted by molar-refractivity contribution is -0.384. The summed E-state index contributed by atoms with van der Waals surface area (Å²) < 4.78 is 5.24. The van der Waals surface area contributed by atoms with E-state index in [1.165, 1.54) is 31.0 Å². The van der Waals surface area contributed by atoms with Gasteiger partial charge in [-0.05, 0) is 19.1 Å². The number of aliphatic imine (C=N–C) groups is 1. The van der Waals surface area contributed by atoms with Crippen molar-refractivity contribution in [3.05, 3.63) is 39.9 Å². The van der Waals surface area contributed by atoms with Gasteiger partial charge in [-0.2, -0.15) is 0 Å². The maximum atomic E-state index is 11.5. The van der Waals surface area contributed by atoms with Gasteiger partial charge in [0.05, 0.1) is 4.92 Å². The molecule has 0 spiro atoms. The fourth-order valence-electron chi connectivity index (χ4n) is 1.81. The van der Waals surface area contributed by atoms with Gasteiger partial charge in [0.2, 0.25) is 5.91 Å². The monoisotopic (exact) mass is 295 g/mol. The van der Waals surface area contributed by atoms with Gasteiger partial charge < -0.3 is 10.5 Å². The van der Waals surface area contributed by atoms with Gasteiger partial charge in [0.25, 0.3) is 5.69 Å². The summed E-state index contributed by atoms with van der Waals surface area (Å²) in [6.45, 7) is 1.61. The standard InChI is InChI=1S/C12H13N3O4S/c1-12(10(13)16)11(19-2)20-9(14-12)7-3-5-8(6-4-7)15(17)18/h3-6,11H,1-2H3,(H2,13,16)/t11?,12-/m1/s1. The van der Waals surface area contributed by atoms with E-state index in [-0.39, 0.29) is 5.69 Å². The SMILES string of the molecule is COC1SC(c2ccc([N+](=O)[O-])cc2)=N[C@]1(C)C(N)=O. The number of benzene rings is 1. The van der Waals surface area contributed by atoms with Crippen molar-refractivity contribution >= 4 is 28.4 Å². The number of nitro benzene ring substituents is 1. The lowest BCUT2D eigenvalue weighted by Crippen LogP contribution is -2.46. The van der Waals surface area contributed by atoms with Gasteiger partial charge in [-0.3, -0.25) is 19.9 Å². The van der Waals surface area contributed by atoms with Crippen LogP contribution in [0, 0.1) is 10.1 Å². The largest absolute Gasteiger partial charge is 0.367 e. The number of methoxy groups -OCH3 is 1. The number of hydrogen-bond acceptors (Lipinski definition) is 6. The van der Waals surface area contributed by atoms with Crippen LogP contribution in [0.3, 0.4) is 0 Å². The van der Waals surface area contributed by atoms with Crippen molar-refractivity contribution in [2.24, 2.45) is 10.7 Å². The highest BCUT2D eigenvalue weighted by atomic mass is 32.2. The number of non-ortho nitro benzene ring substituents is 1. The molecule has 1 aliphatic rings. The summed E-state index contributed by atoms with van der Waals surface area (Å²) in [7, 11) is 1.48. The Kier molecular flexibility index (Phi) is 3.78. The van der Waals surface area contributed by atoms with Crippen LogP contribution in [0.25, 0.3) is 0 Å². The van der Waals surface area contributed by atoms with E-state index in [1.54, 1.807) is 19.1 Å². The number of hydrogen-bond donors (Lipinski definition) is 1. The Hall–Kier alpha value is -1.93.